The molecule has 1 amide bonds. The molecular formula is C16H21ClN4O3. The van der Waals surface area contributed by atoms with Gasteiger partial charge in [0.1, 0.15) is 11.4 Å². The molecule has 130 valence electrons. The Balaban J connectivity index is 2.04. The number of nitrogens with zero attached hydrogens (tertiary/aromatic N) is 3. The zero-order chi connectivity index (χ0) is 17.2. The van der Waals surface area contributed by atoms with E-state index < -0.39 is 5.97 Å². The summed E-state index contributed by atoms with van der Waals surface area (Å²) in [6.45, 7) is 2.70. The first-order chi connectivity index (χ1) is 11.6. The maximum absolute atomic E-state index is 12.3. The van der Waals surface area contributed by atoms with Gasteiger partial charge in [-0.25, -0.2) is 9.78 Å². The lowest BCUT2D eigenvalue weighted by Gasteiger charge is -2.50. The van der Waals surface area contributed by atoms with Crippen molar-refractivity contribution in [2.75, 3.05) is 24.6 Å². The number of hydrogen-bond acceptors (Lipinski definition) is 6. The van der Waals surface area contributed by atoms with E-state index in [9.17, 15) is 9.59 Å². The van der Waals surface area contributed by atoms with Gasteiger partial charge in [-0.15, -0.1) is 0 Å². The fourth-order valence-corrected chi connectivity index (χ4v) is 3.72. The maximum Gasteiger partial charge on any atom is 0.343 e. The number of esters is 1. The molecule has 0 bridgehead atoms. The number of carbonyl (C=O) groups excluding carboxylic acids is 2. The predicted molar refractivity (Wildman–Crippen MR) is 89.2 cm³/mol. The Morgan fingerprint density at radius 2 is 2.17 bits per heavy atom. The van der Waals surface area contributed by atoms with E-state index in [0.29, 0.717) is 12.4 Å². The summed E-state index contributed by atoms with van der Waals surface area (Å²) in [5.74, 6) is -0.193. The summed E-state index contributed by atoms with van der Waals surface area (Å²) in [7, 11) is 0. The number of aromatic nitrogens is 2. The third-order valence-corrected chi connectivity index (χ3v) is 4.95. The van der Waals surface area contributed by atoms with Gasteiger partial charge < -0.3 is 15.0 Å². The molecule has 2 heterocycles. The smallest absolute Gasteiger partial charge is 0.343 e. The first-order valence-electron chi connectivity index (χ1n) is 8.30. The topological polar surface area (TPSA) is 84.4 Å². The van der Waals surface area contributed by atoms with Gasteiger partial charge in [-0.2, -0.15) is 4.98 Å². The highest BCUT2D eigenvalue weighted by atomic mass is 35.5. The van der Waals surface area contributed by atoms with Gasteiger partial charge >= 0.3 is 5.97 Å². The van der Waals surface area contributed by atoms with Crippen molar-refractivity contribution in [3.05, 3.63) is 17.0 Å². The molecule has 0 radical (unpaired) electrons. The van der Waals surface area contributed by atoms with E-state index in [0.717, 1.165) is 25.7 Å². The second-order valence-corrected chi connectivity index (χ2v) is 6.58. The van der Waals surface area contributed by atoms with Crippen molar-refractivity contribution in [1.82, 2.24) is 15.3 Å². The standard InChI is InChI=1S/C16H21ClN4O3/c1-2-24-14(23)11-8-18-15(17)20-13(11)21-9-12(22)19-10-16(21)6-4-3-5-7-16/h8H,2-7,9-10H2,1H3,(H,19,22). The molecule has 7 nitrogen and oxygen atoms in total. The van der Waals surface area contributed by atoms with Crippen molar-refractivity contribution >= 4 is 29.3 Å². The van der Waals surface area contributed by atoms with Crippen molar-refractivity contribution < 1.29 is 14.3 Å². The number of carbonyl (C=O) groups is 2. The highest BCUT2D eigenvalue weighted by Gasteiger charge is 2.44. The van der Waals surface area contributed by atoms with Crippen molar-refractivity contribution in [1.29, 1.82) is 0 Å². The average Bonchev–Trinajstić information content (AvgIpc) is 2.58. The molecule has 8 heteroatoms. The van der Waals surface area contributed by atoms with Gasteiger partial charge in [-0.1, -0.05) is 19.3 Å². The van der Waals surface area contributed by atoms with Gasteiger partial charge in [0.2, 0.25) is 11.2 Å². The molecule has 1 spiro atoms. The van der Waals surface area contributed by atoms with E-state index in [1.165, 1.54) is 12.6 Å². The molecule has 2 aliphatic rings. The van der Waals surface area contributed by atoms with Crippen molar-refractivity contribution in [3.8, 4) is 0 Å². The Morgan fingerprint density at radius 1 is 1.42 bits per heavy atom. The molecular weight excluding hydrogens is 332 g/mol. The van der Waals surface area contributed by atoms with Crippen molar-refractivity contribution in [2.24, 2.45) is 0 Å². The van der Waals surface area contributed by atoms with E-state index in [1.54, 1.807) is 6.92 Å². The quantitative estimate of drug-likeness (QED) is 0.661. The van der Waals surface area contributed by atoms with E-state index in [2.05, 4.69) is 15.3 Å². The summed E-state index contributed by atoms with van der Waals surface area (Å²) in [5, 5.41) is 3.01. The number of piperazine rings is 1. The number of ether oxygens (including phenoxy) is 1. The summed E-state index contributed by atoms with van der Waals surface area (Å²) in [6.07, 6.45) is 6.61. The number of hydrogen-bond donors (Lipinski definition) is 1. The van der Waals surface area contributed by atoms with Crippen LogP contribution in [0.4, 0.5) is 5.82 Å². The average molecular weight is 353 g/mol. The molecule has 1 aliphatic carbocycles. The zero-order valence-corrected chi connectivity index (χ0v) is 14.4. The molecule has 1 saturated carbocycles. The van der Waals surface area contributed by atoms with Gasteiger partial charge in [0, 0.05) is 12.7 Å². The van der Waals surface area contributed by atoms with Gasteiger partial charge in [0.25, 0.3) is 0 Å². The molecule has 1 aromatic rings. The first kappa shape index (κ1) is 17.0. The highest BCUT2D eigenvalue weighted by molar-refractivity contribution is 6.28. The third-order valence-electron chi connectivity index (χ3n) is 4.76. The molecule has 0 aromatic carbocycles. The van der Waals surface area contributed by atoms with Gasteiger partial charge in [-0.05, 0) is 31.4 Å². The largest absolute Gasteiger partial charge is 0.462 e. The Hall–Kier alpha value is -1.89. The normalized spacial score (nSPS) is 19.9. The number of halogens is 1. The molecule has 1 N–H and O–H groups in total. The Labute approximate surface area is 145 Å². The summed E-state index contributed by atoms with van der Waals surface area (Å²) in [4.78, 5) is 34.5. The molecule has 24 heavy (non-hydrogen) atoms. The number of anilines is 1. The van der Waals surface area contributed by atoms with Crippen LogP contribution in [-0.4, -0.2) is 47.1 Å². The van der Waals surface area contributed by atoms with Gasteiger partial charge in [-0.3, -0.25) is 4.79 Å². The molecule has 1 aliphatic heterocycles. The number of amides is 1. The van der Waals surface area contributed by atoms with E-state index in [4.69, 9.17) is 16.3 Å². The fraction of sp³-hybridized carbons (Fsp3) is 0.625. The monoisotopic (exact) mass is 352 g/mol. The highest BCUT2D eigenvalue weighted by Crippen LogP contribution is 2.38. The van der Waals surface area contributed by atoms with Crippen LogP contribution in [-0.2, 0) is 9.53 Å². The third kappa shape index (κ3) is 3.17. The molecule has 1 saturated heterocycles. The second kappa shape index (κ2) is 6.93. The Morgan fingerprint density at radius 3 is 2.88 bits per heavy atom. The molecule has 3 rings (SSSR count). The lowest BCUT2D eigenvalue weighted by Crippen LogP contribution is -2.64. The van der Waals surface area contributed by atoms with Crippen LogP contribution in [0, 0.1) is 0 Å². The Kier molecular flexibility index (Phi) is 4.89. The zero-order valence-electron chi connectivity index (χ0n) is 13.7. The van der Waals surface area contributed by atoms with Crippen LogP contribution in [0.3, 0.4) is 0 Å². The molecule has 2 fully saturated rings. The fourth-order valence-electron chi connectivity index (χ4n) is 3.59. The predicted octanol–water partition coefficient (Wildman–Crippen LogP) is 1.95. The second-order valence-electron chi connectivity index (χ2n) is 6.24. The van der Waals surface area contributed by atoms with Crippen LogP contribution in [0.5, 0.6) is 0 Å². The van der Waals surface area contributed by atoms with E-state index in [-0.39, 0.29) is 35.4 Å². The summed E-state index contributed by atoms with van der Waals surface area (Å²) in [5.41, 5.74) is 0.0198. The summed E-state index contributed by atoms with van der Waals surface area (Å²) < 4.78 is 5.11. The first-order valence-corrected chi connectivity index (χ1v) is 8.67. The lowest BCUT2D eigenvalue weighted by atomic mass is 9.79. The number of rotatable bonds is 3. The molecule has 1 aromatic heterocycles. The van der Waals surface area contributed by atoms with Crippen LogP contribution in [0.1, 0.15) is 49.4 Å². The minimum Gasteiger partial charge on any atom is -0.462 e. The minimum absolute atomic E-state index is 0.0509. The summed E-state index contributed by atoms with van der Waals surface area (Å²) >= 11 is 5.98. The maximum atomic E-state index is 12.3. The van der Waals surface area contributed by atoms with E-state index in [1.807, 2.05) is 4.90 Å². The minimum atomic E-state index is -0.499. The molecule has 0 atom stereocenters. The van der Waals surface area contributed by atoms with Crippen LogP contribution < -0.4 is 10.2 Å². The van der Waals surface area contributed by atoms with E-state index >= 15 is 0 Å². The molecule has 0 unspecified atom stereocenters. The van der Waals surface area contributed by atoms with Gasteiger partial charge in [0.15, 0.2) is 0 Å². The van der Waals surface area contributed by atoms with Crippen LogP contribution >= 0.6 is 11.6 Å². The lowest BCUT2D eigenvalue weighted by molar-refractivity contribution is -0.121. The summed E-state index contributed by atoms with van der Waals surface area (Å²) in [6, 6.07) is 0. The SMILES string of the molecule is CCOC(=O)c1cnc(Cl)nc1N1CC(=O)NCC12CCCCC2. The van der Waals surface area contributed by atoms with Crippen LogP contribution in [0.2, 0.25) is 5.28 Å². The van der Waals surface area contributed by atoms with Crippen molar-refractivity contribution in [2.45, 2.75) is 44.6 Å². The number of nitrogens with one attached hydrogen (secondary N) is 1. The van der Waals surface area contributed by atoms with Crippen LogP contribution in [0.15, 0.2) is 6.20 Å². The van der Waals surface area contributed by atoms with Crippen LogP contribution in [0.25, 0.3) is 0 Å². The van der Waals surface area contributed by atoms with Gasteiger partial charge in [0.05, 0.1) is 18.7 Å². The Bertz CT molecular complexity index is 646. The van der Waals surface area contributed by atoms with Crippen molar-refractivity contribution in [3.63, 3.8) is 0 Å².